The predicted molar refractivity (Wildman–Crippen MR) is 90.9 cm³/mol. The van der Waals surface area contributed by atoms with E-state index in [9.17, 15) is 14.7 Å². The average molecular weight is 351 g/mol. The van der Waals surface area contributed by atoms with Crippen LogP contribution in [0.15, 0.2) is 18.2 Å². The van der Waals surface area contributed by atoms with Crippen LogP contribution in [0.1, 0.15) is 18.4 Å². The Morgan fingerprint density at radius 2 is 2.08 bits per heavy atom. The number of hydrogen-bond donors (Lipinski definition) is 2. The molecule has 0 aliphatic carbocycles. The summed E-state index contributed by atoms with van der Waals surface area (Å²) in [6, 6.07) is 5.28. The zero-order valence-corrected chi connectivity index (χ0v) is 14.6. The minimum atomic E-state index is -0.890. The number of amides is 1. The molecule has 1 heterocycles. The van der Waals surface area contributed by atoms with Gasteiger partial charge in [-0.1, -0.05) is 0 Å². The second kappa shape index (κ2) is 9.27. The van der Waals surface area contributed by atoms with E-state index in [4.69, 9.17) is 14.2 Å². The van der Waals surface area contributed by atoms with Gasteiger partial charge in [-0.15, -0.1) is 0 Å². The first-order valence-corrected chi connectivity index (χ1v) is 8.36. The van der Waals surface area contributed by atoms with Crippen molar-refractivity contribution in [2.75, 3.05) is 33.5 Å². The molecule has 1 aromatic carbocycles. The molecular formula is C18H25NO6. The van der Waals surface area contributed by atoms with Crippen LogP contribution < -0.4 is 14.8 Å². The van der Waals surface area contributed by atoms with Crippen molar-refractivity contribution in [3.8, 4) is 11.5 Å². The molecule has 7 nitrogen and oxygen atoms in total. The molecule has 7 heteroatoms. The maximum Gasteiger partial charge on any atom is 0.308 e. The number of carboxylic acid groups (broad SMARTS) is 1. The van der Waals surface area contributed by atoms with Crippen molar-refractivity contribution in [2.45, 2.75) is 19.8 Å². The third kappa shape index (κ3) is 5.63. The van der Waals surface area contributed by atoms with Gasteiger partial charge in [-0.05, 0) is 49.4 Å². The fraction of sp³-hybridized carbons (Fsp3) is 0.556. The van der Waals surface area contributed by atoms with E-state index in [1.54, 1.807) is 25.3 Å². The summed E-state index contributed by atoms with van der Waals surface area (Å²) in [5.74, 6) is -0.497. The number of methoxy groups -OCH3 is 1. The summed E-state index contributed by atoms with van der Waals surface area (Å²) in [4.78, 5) is 23.4. The Labute approximate surface area is 147 Å². The topological polar surface area (TPSA) is 94.1 Å². The Hall–Kier alpha value is -2.28. The van der Waals surface area contributed by atoms with Gasteiger partial charge in [0.25, 0.3) is 5.91 Å². The number of carbonyl (C=O) groups is 2. The summed E-state index contributed by atoms with van der Waals surface area (Å²) in [7, 11) is 1.59. The number of carboxylic acids is 1. The van der Waals surface area contributed by atoms with Crippen LogP contribution in [-0.4, -0.2) is 50.5 Å². The summed E-state index contributed by atoms with van der Waals surface area (Å²) >= 11 is 0. The molecule has 138 valence electrons. The van der Waals surface area contributed by atoms with E-state index < -0.39 is 11.9 Å². The molecule has 1 atom stereocenters. The third-order valence-corrected chi connectivity index (χ3v) is 4.41. The molecule has 0 spiro atoms. The molecule has 0 bridgehead atoms. The van der Waals surface area contributed by atoms with Gasteiger partial charge >= 0.3 is 5.97 Å². The molecule has 0 aromatic heterocycles. The molecule has 0 radical (unpaired) electrons. The fourth-order valence-electron chi connectivity index (χ4n) is 2.94. The van der Waals surface area contributed by atoms with E-state index in [1.807, 2.05) is 6.92 Å². The van der Waals surface area contributed by atoms with E-state index in [2.05, 4.69) is 5.32 Å². The molecule has 25 heavy (non-hydrogen) atoms. The Morgan fingerprint density at radius 3 is 2.68 bits per heavy atom. The maximum absolute atomic E-state index is 12.0. The molecule has 1 fully saturated rings. The molecule has 2 rings (SSSR count). The lowest BCUT2D eigenvalue weighted by atomic mass is 9.86. The zero-order valence-electron chi connectivity index (χ0n) is 14.6. The number of aryl methyl sites for hydroxylation is 1. The number of ether oxygens (including phenoxy) is 3. The van der Waals surface area contributed by atoms with Gasteiger partial charge < -0.3 is 24.6 Å². The Balaban J connectivity index is 1.80. The van der Waals surface area contributed by atoms with Crippen LogP contribution in [0.2, 0.25) is 0 Å². The normalized spacial score (nSPS) is 16.1. The maximum atomic E-state index is 12.0. The summed E-state index contributed by atoms with van der Waals surface area (Å²) in [6.45, 7) is 2.97. The molecular weight excluding hydrogens is 326 g/mol. The number of aliphatic carboxylic acids is 1. The first kappa shape index (κ1) is 19.1. The highest BCUT2D eigenvalue weighted by molar-refractivity contribution is 5.78. The van der Waals surface area contributed by atoms with Crippen molar-refractivity contribution < 1.29 is 28.9 Å². The molecule has 1 amide bonds. The van der Waals surface area contributed by atoms with Crippen LogP contribution in [0, 0.1) is 18.8 Å². The minimum Gasteiger partial charge on any atom is -0.496 e. The minimum absolute atomic E-state index is 0.0247. The van der Waals surface area contributed by atoms with Gasteiger partial charge in [0.2, 0.25) is 0 Å². The average Bonchev–Trinajstić information content (AvgIpc) is 2.61. The van der Waals surface area contributed by atoms with Crippen molar-refractivity contribution >= 4 is 11.9 Å². The standard InChI is InChI=1S/C18H25NO6/c1-12-9-14(3-4-16(12)23-2)25-11-17(20)19-10-15(18(21)22)13-5-7-24-8-6-13/h3-4,9,13,15H,5-8,10-11H2,1-2H3,(H,19,20)(H,21,22). The van der Waals surface area contributed by atoms with Crippen LogP contribution >= 0.6 is 0 Å². The number of rotatable bonds is 8. The lowest BCUT2D eigenvalue weighted by Crippen LogP contribution is -2.40. The van der Waals surface area contributed by atoms with Gasteiger partial charge in [0.1, 0.15) is 11.5 Å². The first-order valence-electron chi connectivity index (χ1n) is 8.36. The van der Waals surface area contributed by atoms with Crippen molar-refractivity contribution in [3.63, 3.8) is 0 Å². The van der Waals surface area contributed by atoms with E-state index in [1.165, 1.54) is 0 Å². The van der Waals surface area contributed by atoms with Crippen LogP contribution in [0.4, 0.5) is 0 Å². The number of benzene rings is 1. The van der Waals surface area contributed by atoms with Crippen molar-refractivity contribution in [3.05, 3.63) is 23.8 Å². The summed E-state index contributed by atoms with van der Waals surface area (Å²) in [5, 5.41) is 12.0. The smallest absolute Gasteiger partial charge is 0.308 e. The monoisotopic (exact) mass is 351 g/mol. The largest absolute Gasteiger partial charge is 0.496 e. The first-order chi connectivity index (χ1) is 12.0. The molecule has 1 unspecified atom stereocenters. The Morgan fingerprint density at radius 1 is 1.36 bits per heavy atom. The molecule has 1 saturated heterocycles. The Kier molecular flexibility index (Phi) is 7.06. The second-order valence-corrected chi connectivity index (χ2v) is 6.12. The Bertz CT molecular complexity index is 597. The van der Waals surface area contributed by atoms with Gasteiger partial charge in [-0.3, -0.25) is 9.59 Å². The van der Waals surface area contributed by atoms with E-state index in [-0.39, 0.29) is 25.0 Å². The van der Waals surface area contributed by atoms with Crippen LogP contribution in [0.3, 0.4) is 0 Å². The van der Waals surface area contributed by atoms with Gasteiger partial charge in [0.05, 0.1) is 13.0 Å². The number of hydrogen-bond acceptors (Lipinski definition) is 5. The molecule has 1 aromatic rings. The summed E-state index contributed by atoms with van der Waals surface area (Å²) < 4.78 is 15.9. The van der Waals surface area contributed by atoms with E-state index in [0.29, 0.717) is 31.8 Å². The molecule has 0 saturated carbocycles. The quantitative estimate of drug-likeness (QED) is 0.739. The third-order valence-electron chi connectivity index (χ3n) is 4.41. The number of carbonyl (C=O) groups excluding carboxylic acids is 1. The van der Waals surface area contributed by atoms with E-state index in [0.717, 1.165) is 11.3 Å². The van der Waals surface area contributed by atoms with Gasteiger partial charge in [-0.25, -0.2) is 0 Å². The van der Waals surface area contributed by atoms with Crippen molar-refractivity contribution in [1.82, 2.24) is 5.32 Å². The predicted octanol–water partition coefficient (Wildman–Crippen LogP) is 1.63. The van der Waals surface area contributed by atoms with Crippen molar-refractivity contribution in [2.24, 2.45) is 11.8 Å². The summed E-state index contributed by atoms with van der Waals surface area (Å²) in [5.41, 5.74) is 0.908. The molecule has 1 aliphatic heterocycles. The lowest BCUT2D eigenvalue weighted by molar-refractivity contribution is -0.145. The highest BCUT2D eigenvalue weighted by Gasteiger charge is 2.30. The number of nitrogens with one attached hydrogen (secondary N) is 1. The molecule has 2 N–H and O–H groups in total. The zero-order chi connectivity index (χ0) is 18.2. The highest BCUT2D eigenvalue weighted by atomic mass is 16.5. The van der Waals surface area contributed by atoms with Gasteiger partial charge in [0.15, 0.2) is 6.61 Å². The highest BCUT2D eigenvalue weighted by Crippen LogP contribution is 2.24. The van der Waals surface area contributed by atoms with Crippen LogP contribution in [0.25, 0.3) is 0 Å². The van der Waals surface area contributed by atoms with Crippen molar-refractivity contribution in [1.29, 1.82) is 0 Å². The van der Waals surface area contributed by atoms with Crippen LogP contribution in [0.5, 0.6) is 11.5 Å². The second-order valence-electron chi connectivity index (χ2n) is 6.12. The van der Waals surface area contributed by atoms with Gasteiger partial charge in [0, 0.05) is 19.8 Å². The SMILES string of the molecule is COc1ccc(OCC(=O)NCC(C(=O)O)C2CCOCC2)cc1C. The lowest BCUT2D eigenvalue weighted by Gasteiger charge is -2.27. The van der Waals surface area contributed by atoms with Gasteiger partial charge in [-0.2, -0.15) is 0 Å². The fourth-order valence-corrected chi connectivity index (χ4v) is 2.94. The molecule has 1 aliphatic rings. The van der Waals surface area contributed by atoms with Crippen LogP contribution in [-0.2, 0) is 14.3 Å². The summed E-state index contributed by atoms with van der Waals surface area (Å²) in [6.07, 6.45) is 1.41. The van der Waals surface area contributed by atoms with E-state index >= 15 is 0 Å².